The highest BCUT2D eigenvalue weighted by Gasteiger charge is 2.30. The molecule has 0 unspecified atom stereocenters. The molecule has 25 heavy (non-hydrogen) atoms. The zero-order valence-corrected chi connectivity index (χ0v) is 15.1. The number of halogens is 1. The van der Waals surface area contributed by atoms with Crippen LogP contribution in [-0.4, -0.2) is 61.5 Å². The maximum Gasteiger partial charge on any atom is 0.319 e. The van der Waals surface area contributed by atoms with E-state index in [-0.39, 0.29) is 23.8 Å². The molecule has 0 aliphatic carbocycles. The van der Waals surface area contributed by atoms with Crippen molar-refractivity contribution in [2.24, 2.45) is 0 Å². The number of benzene rings is 1. The van der Waals surface area contributed by atoms with E-state index in [9.17, 15) is 14.0 Å². The number of rotatable bonds is 7. The van der Waals surface area contributed by atoms with Crippen LogP contribution in [0.25, 0.3) is 0 Å². The lowest BCUT2D eigenvalue weighted by molar-refractivity contribution is -0.129. The van der Waals surface area contributed by atoms with E-state index in [1.165, 1.54) is 6.07 Å². The van der Waals surface area contributed by atoms with E-state index in [0.717, 1.165) is 19.4 Å². The lowest BCUT2D eigenvalue weighted by Crippen LogP contribution is -2.40. The van der Waals surface area contributed by atoms with Gasteiger partial charge in [-0.1, -0.05) is 6.07 Å². The van der Waals surface area contributed by atoms with Crippen molar-refractivity contribution in [2.75, 3.05) is 39.0 Å². The van der Waals surface area contributed by atoms with Crippen molar-refractivity contribution in [2.45, 2.75) is 32.2 Å². The van der Waals surface area contributed by atoms with Gasteiger partial charge in [0.25, 0.3) is 0 Å². The Morgan fingerprint density at radius 1 is 1.40 bits per heavy atom. The quantitative estimate of drug-likeness (QED) is 0.792. The van der Waals surface area contributed by atoms with E-state index < -0.39 is 0 Å². The van der Waals surface area contributed by atoms with Gasteiger partial charge in [-0.3, -0.25) is 4.79 Å². The van der Waals surface area contributed by atoms with Crippen LogP contribution < -0.4 is 10.6 Å². The normalized spacial score (nSPS) is 17.2. The van der Waals surface area contributed by atoms with Gasteiger partial charge in [0.1, 0.15) is 5.82 Å². The molecule has 1 aliphatic rings. The summed E-state index contributed by atoms with van der Waals surface area (Å²) in [7, 11) is 3.96. The SMILES string of the molecule is Cc1ccc(NC(=O)NCC[C@@H]2CCC(=O)N2CCN(C)C)cc1F. The maximum atomic E-state index is 13.5. The number of anilines is 1. The molecule has 2 N–H and O–H groups in total. The minimum Gasteiger partial charge on any atom is -0.338 e. The van der Waals surface area contributed by atoms with Gasteiger partial charge < -0.3 is 20.4 Å². The Balaban J connectivity index is 1.76. The van der Waals surface area contributed by atoms with Crippen LogP contribution in [0.3, 0.4) is 0 Å². The number of nitrogens with zero attached hydrogens (tertiary/aromatic N) is 2. The second-order valence-electron chi connectivity index (χ2n) is 6.72. The first-order chi connectivity index (χ1) is 11.9. The summed E-state index contributed by atoms with van der Waals surface area (Å²) >= 11 is 0. The molecule has 1 fully saturated rings. The molecule has 0 bridgehead atoms. The predicted molar refractivity (Wildman–Crippen MR) is 96.1 cm³/mol. The van der Waals surface area contributed by atoms with Gasteiger partial charge in [-0.25, -0.2) is 9.18 Å². The Kier molecular flexibility index (Phi) is 6.75. The van der Waals surface area contributed by atoms with Gasteiger partial charge in [0, 0.05) is 37.8 Å². The summed E-state index contributed by atoms with van der Waals surface area (Å²) < 4.78 is 13.5. The largest absolute Gasteiger partial charge is 0.338 e. The smallest absolute Gasteiger partial charge is 0.319 e. The first-order valence-corrected chi connectivity index (χ1v) is 8.62. The second-order valence-corrected chi connectivity index (χ2v) is 6.72. The fourth-order valence-electron chi connectivity index (χ4n) is 2.91. The number of likely N-dealkylation sites (tertiary alicyclic amines) is 1. The maximum absolute atomic E-state index is 13.5. The second kappa shape index (κ2) is 8.80. The number of aryl methyl sites for hydroxylation is 1. The Bertz CT molecular complexity index is 621. The molecule has 6 nitrogen and oxygen atoms in total. The molecular weight excluding hydrogens is 323 g/mol. The van der Waals surface area contributed by atoms with Crippen LogP contribution in [0.5, 0.6) is 0 Å². The Morgan fingerprint density at radius 3 is 2.84 bits per heavy atom. The highest BCUT2D eigenvalue weighted by molar-refractivity contribution is 5.89. The van der Waals surface area contributed by atoms with Crippen molar-refractivity contribution >= 4 is 17.6 Å². The van der Waals surface area contributed by atoms with E-state index in [1.54, 1.807) is 19.1 Å². The molecule has 1 saturated heterocycles. The number of amides is 3. The lowest BCUT2D eigenvalue weighted by Gasteiger charge is -2.26. The average molecular weight is 350 g/mol. The number of carbonyl (C=O) groups excluding carboxylic acids is 2. The molecule has 0 aromatic heterocycles. The molecule has 0 radical (unpaired) electrons. The number of hydrogen-bond acceptors (Lipinski definition) is 3. The predicted octanol–water partition coefficient (Wildman–Crippen LogP) is 2.20. The van der Waals surface area contributed by atoms with Gasteiger partial charge in [-0.2, -0.15) is 0 Å². The molecule has 2 rings (SSSR count). The van der Waals surface area contributed by atoms with Gasteiger partial charge in [0.2, 0.25) is 5.91 Å². The molecule has 1 aromatic rings. The minimum atomic E-state index is -0.368. The third-order valence-electron chi connectivity index (χ3n) is 4.43. The minimum absolute atomic E-state index is 0.171. The number of nitrogens with one attached hydrogen (secondary N) is 2. The van der Waals surface area contributed by atoms with E-state index >= 15 is 0 Å². The highest BCUT2D eigenvalue weighted by Crippen LogP contribution is 2.20. The van der Waals surface area contributed by atoms with Crippen molar-refractivity contribution in [3.05, 3.63) is 29.6 Å². The topological polar surface area (TPSA) is 64.7 Å². The molecule has 3 amide bonds. The monoisotopic (exact) mass is 350 g/mol. The van der Waals surface area contributed by atoms with Crippen LogP contribution in [-0.2, 0) is 4.79 Å². The Labute approximate surface area is 148 Å². The summed E-state index contributed by atoms with van der Waals surface area (Å²) in [5.74, 6) is -0.162. The van der Waals surface area contributed by atoms with E-state index in [4.69, 9.17) is 0 Å². The summed E-state index contributed by atoms with van der Waals surface area (Å²) in [6.45, 7) is 3.68. The number of hydrogen-bond donors (Lipinski definition) is 2. The zero-order valence-electron chi connectivity index (χ0n) is 15.1. The van der Waals surface area contributed by atoms with Gasteiger partial charge in [-0.15, -0.1) is 0 Å². The first-order valence-electron chi connectivity index (χ1n) is 8.62. The van der Waals surface area contributed by atoms with E-state index in [0.29, 0.717) is 30.8 Å². The van der Waals surface area contributed by atoms with Crippen molar-refractivity contribution in [1.29, 1.82) is 0 Å². The lowest BCUT2D eigenvalue weighted by atomic mass is 10.1. The van der Waals surface area contributed by atoms with Crippen molar-refractivity contribution in [1.82, 2.24) is 15.1 Å². The molecule has 138 valence electrons. The Morgan fingerprint density at radius 2 is 2.16 bits per heavy atom. The van der Waals surface area contributed by atoms with Crippen LogP contribution in [0.2, 0.25) is 0 Å². The van der Waals surface area contributed by atoms with Crippen LogP contribution in [0, 0.1) is 12.7 Å². The number of likely N-dealkylation sites (N-methyl/N-ethyl adjacent to an activating group) is 1. The molecular formula is C18H27FN4O2. The third-order valence-corrected chi connectivity index (χ3v) is 4.43. The first kappa shape index (κ1) is 19.2. The summed E-state index contributed by atoms with van der Waals surface area (Å²) in [4.78, 5) is 27.8. The fraction of sp³-hybridized carbons (Fsp3) is 0.556. The summed E-state index contributed by atoms with van der Waals surface area (Å²) in [5, 5.41) is 5.39. The Hall–Kier alpha value is -2.15. The molecule has 0 spiro atoms. The summed E-state index contributed by atoms with van der Waals surface area (Å²) in [6.07, 6.45) is 2.13. The third kappa shape index (κ3) is 5.70. The van der Waals surface area contributed by atoms with Crippen LogP contribution in [0.15, 0.2) is 18.2 Å². The van der Waals surface area contributed by atoms with Gasteiger partial charge in [-0.05, 0) is 51.6 Å². The fourth-order valence-corrected chi connectivity index (χ4v) is 2.91. The van der Waals surface area contributed by atoms with Crippen molar-refractivity contribution in [3.8, 4) is 0 Å². The standard InChI is InChI=1S/C18H27FN4O2/c1-13-4-5-14(12-16(13)19)21-18(25)20-9-8-15-6-7-17(24)23(15)11-10-22(2)3/h4-5,12,15H,6-11H2,1-3H3,(H2,20,21,25)/t15-/m0/s1. The molecule has 1 heterocycles. The average Bonchev–Trinajstić information content (AvgIpc) is 2.89. The van der Waals surface area contributed by atoms with Gasteiger partial charge in [0.15, 0.2) is 0 Å². The number of carbonyl (C=O) groups is 2. The molecule has 1 aromatic carbocycles. The molecule has 7 heteroatoms. The zero-order chi connectivity index (χ0) is 18.4. The molecule has 0 saturated carbocycles. The van der Waals surface area contributed by atoms with Crippen LogP contribution in [0.4, 0.5) is 14.9 Å². The van der Waals surface area contributed by atoms with Crippen molar-refractivity contribution in [3.63, 3.8) is 0 Å². The molecule has 1 aliphatic heterocycles. The van der Waals surface area contributed by atoms with Gasteiger partial charge >= 0.3 is 6.03 Å². The van der Waals surface area contributed by atoms with E-state index in [2.05, 4.69) is 15.5 Å². The van der Waals surface area contributed by atoms with Crippen molar-refractivity contribution < 1.29 is 14.0 Å². The summed E-state index contributed by atoms with van der Waals surface area (Å²) in [6, 6.07) is 4.39. The molecule has 1 atom stereocenters. The van der Waals surface area contributed by atoms with Gasteiger partial charge in [0.05, 0.1) is 0 Å². The highest BCUT2D eigenvalue weighted by atomic mass is 19.1. The van der Waals surface area contributed by atoms with E-state index in [1.807, 2.05) is 19.0 Å². The number of urea groups is 1. The summed E-state index contributed by atoms with van der Waals surface area (Å²) in [5.41, 5.74) is 0.957. The van der Waals surface area contributed by atoms with Crippen LogP contribution >= 0.6 is 0 Å². The van der Waals surface area contributed by atoms with Crippen LogP contribution in [0.1, 0.15) is 24.8 Å².